The van der Waals surface area contributed by atoms with Gasteiger partial charge in [0.2, 0.25) is 10.0 Å². The number of sulfonamides is 1. The lowest BCUT2D eigenvalue weighted by atomic mass is 10.0. The van der Waals surface area contributed by atoms with E-state index in [1.165, 1.54) is 12.1 Å². The van der Waals surface area contributed by atoms with Crippen molar-refractivity contribution < 1.29 is 17.6 Å². The third kappa shape index (κ3) is 3.64. The van der Waals surface area contributed by atoms with Crippen LogP contribution in [-0.2, 0) is 23.1 Å². The van der Waals surface area contributed by atoms with Gasteiger partial charge < -0.3 is 9.15 Å². The first kappa shape index (κ1) is 19.9. The Kier molecular flexibility index (Phi) is 4.90. The number of ether oxygens (including phenoxy) is 1. The van der Waals surface area contributed by atoms with Gasteiger partial charge in [0, 0.05) is 24.0 Å². The van der Waals surface area contributed by atoms with Gasteiger partial charge in [-0.15, -0.1) is 0 Å². The highest BCUT2D eigenvalue weighted by atomic mass is 35.5. The molecule has 0 amide bonds. The smallest absolute Gasteiger partial charge is 0.339 e. The number of halogens is 1. The van der Waals surface area contributed by atoms with E-state index in [0.717, 1.165) is 22.1 Å². The quantitative estimate of drug-likeness (QED) is 0.635. The zero-order valence-corrected chi connectivity index (χ0v) is 17.4. The Hall–Kier alpha value is -2.39. The highest BCUT2D eigenvalue weighted by Crippen LogP contribution is 2.39. The lowest BCUT2D eigenvalue weighted by molar-refractivity contribution is 0.0890. The molecule has 0 saturated heterocycles. The number of nitrogens with two attached hydrogens (primary N) is 1. The van der Waals surface area contributed by atoms with Crippen molar-refractivity contribution in [2.45, 2.75) is 31.8 Å². The fourth-order valence-electron chi connectivity index (χ4n) is 3.46. The van der Waals surface area contributed by atoms with Crippen LogP contribution in [0.25, 0.3) is 11.0 Å². The fraction of sp³-hybridized carbons (Fsp3) is 0.250. The molecular weight excluding hydrogens is 416 g/mol. The second-order valence-electron chi connectivity index (χ2n) is 7.13. The monoisotopic (exact) mass is 434 g/mol. The standard InChI is InChI=1S/C20H19ClN2O5S/c1-11-12(2)20(24)28-18-15(11)7-17(21)19-16(18)9-23(10-27-19)8-13-3-5-14(6-4-13)29(22,25)26/h3-7H,8-10H2,1-2H3,(H2,22,25,26). The van der Waals surface area contributed by atoms with E-state index in [-0.39, 0.29) is 10.5 Å². The van der Waals surface area contributed by atoms with Gasteiger partial charge in [0.25, 0.3) is 0 Å². The Morgan fingerprint density at radius 2 is 1.86 bits per heavy atom. The summed E-state index contributed by atoms with van der Waals surface area (Å²) in [5.41, 5.74) is 3.10. The number of primary sulfonamides is 1. The van der Waals surface area contributed by atoms with E-state index in [2.05, 4.69) is 0 Å². The highest BCUT2D eigenvalue weighted by molar-refractivity contribution is 7.89. The molecule has 1 aliphatic heterocycles. The van der Waals surface area contributed by atoms with Crippen molar-refractivity contribution in [3.63, 3.8) is 0 Å². The summed E-state index contributed by atoms with van der Waals surface area (Å²) < 4.78 is 34.2. The molecule has 29 heavy (non-hydrogen) atoms. The van der Waals surface area contributed by atoms with Gasteiger partial charge in [-0.2, -0.15) is 0 Å². The molecule has 0 saturated carbocycles. The molecule has 7 nitrogen and oxygen atoms in total. The van der Waals surface area contributed by atoms with Crippen LogP contribution in [0, 0.1) is 13.8 Å². The second-order valence-corrected chi connectivity index (χ2v) is 9.10. The predicted molar refractivity (Wildman–Crippen MR) is 110 cm³/mol. The largest absolute Gasteiger partial charge is 0.476 e. The number of benzene rings is 2. The van der Waals surface area contributed by atoms with Crippen molar-refractivity contribution in [3.8, 4) is 5.75 Å². The molecule has 2 aromatic carbocycles. The van der Waals surface area contributed by atoms with Crippen LogP contribution in [-0.4, -0.2) is 20.0 Å². The molecule has 0 fully saturated rings. The van der Waals surface area contributed by atoms with Crippen molar-refractivity contribution in [1.29, 1.82) is 0 Å². The number of aryl methyl sites for hydroxylation is 1. The van der Waals surface area contributed by atoms with Crippen LogP contribution in [0.15, 0.2) is 44.4 Å². The summed E-state index contributed by atoms with van der Waals surface area (Å²) in [6, 6.07) is 8.13. The average molecular weight is 435 g/mol. The SMILES string of the molecule is Cc1c(C)c2cc(Cl)c3c(c2oc1=O)CN(Cc1ccc(S(N)(=O)=O)cc1)CO3. The van der Waals surface area contributed by atoms with E-state index in [1.807, 2.05) is 11.8 Å². The molecule has 2 N–H and O–H groups in total. The number of hydrogen-bond acceptors (Lipinski definition) is 6. The normalized spacial score (nSPS) is 14.6. The molecule has 0 spiro atoms. The van der Waals surface area contributed by atoms with E-state index in [9.17, 15) is 13.2 Å². The van der Waals surface area contributed by atoms with Crippen molar-refractivity contribution >= 4 is 32.6 Å². The fourth-order valence-corrected chi connectivity index (χ4v) is 4.25. The first-order valence-electron chi connectivity index (χ1n) is 8.87. The molecule has 3 aromatic rings. The molecule has 0 aliphatic carbocycles. The van der Waals surface area contributed by atoms with E-state index >= 15 is 0 Å². The maximum Gasteiger partial charge on any atom is 0.339 e. The summed E-state index contributed by atoms with van der Waals surface area (Å²) in [6.07, 6.45) is 0. The van der Waals surface area contributed by atoms with Gasteiger partial charge in [-0.1, -0.05) is 23.7 Å². The molecule has 0 radical (unpaired) electrons. The molecule has 4 rings (SSSR count). The Morgan fingerprint density at radius 3 is 2.52 bits per heavy atom. The highest BCUT2D eigenvalue weighted by Gasteiger charge is 2.25. The third-order valence-corrected chi connectivity index (χ3v) is 6.39. The van der Waals surface area contributed by atoms with E-state index < -0.39 is 10.0 Å². The van der Waals surface area contributed by atoms with E-state index in [0.29, 0.717) is 41.7 Å². The summed E-state index contributed by atoms with van der Waals surface area (Å²) in [5.74, 6) is 0.520. The van der Waals surface area contributed by atoms with Gasteiger partial charge in [0.15, 0.2) is 0 Å². The minimum absolute atomic E-state index is 0.0619. The maximum atomic E-state index is 12.2. The summed E-state index contributed by atoms with van der Waals surface area (Å²) in [6.45, 7) is 4.86. The summed E-state index contributed by atoms with van der Waals surface area (Å²) in [7, 11) is -3.73. The van der Waals surface area contributed by atoms with Gasteiger partial charge in [-0.05, 0) is 43.2 Å². The van der Waals surface area contributed by atoms with Gasteiger partial charge in [0.1, 0.15) is 18.1 Å². The average Bonchev–Trinajstić information content (AvgIpc) is 2.67. The minimum Gasteiger partial charge on any atom is -0.476 e. The van der Waals surface area contributed by atoms with E-state index in [4.69, 9.17) is 25.9 Å². The zero-order chi connectivity index (χ0) is 20.9. The third-order valence-electron chi connectivity index (χ3n) is 5.18. The van der Waals surface area contributed by atoms with Crippen molar-refractivity contribution in [3.05, 3.63) is 68.0 Å². The molecule has 152 valence electrons. The predicted octanol–water partition coefficient (Wildman–Crippen LogP) is 3.06. The molecule has 1 aromatic heterocycles. The van der Waals surface area contributed by atoms with E-state index in [1.54, 1.807) is 25.1 Å². The summed E-state index contributed by atoms with van der Waals surface area (Å²) in [4.78, 5) is 14.3. The van der Waals surface area contributed by atoms with Crippen LogP contribution in [0.2, 0.25) is 5.02 Å². The summed E-state index contributed by atoms with van der Waals surface area (Å²) in [5, 5.41) is 6.40. The summed E-state index contributed by atoms with van der Waals surface area (Å²) >= 11 is 6.42. The Morgan fingerprint density at radius 1 is 1.17 bits per heavy atom. The first-order valence-corrected chi connectivity index (χ1v) is 10.8. The van der Waals surface area contributed by atoms with Crippen molar-refractivity contribution in [2.75, 3.05) is 6.73 Å². The molecule has 0 bridgehead atoms. The molecule has 9 heteroatoms. The lowest BCUT2D eigenvalue weighted by Crippen LogP contribution is -2.32. The van der Waals surface area contributed by atoms with Crippen LogP contribution in [0.5, 0.6) is 5.75 Å². The van der Waals surface area contributed by atoms with Crippen LogP contribution < -0.4 is 15.5 Å². The Labute approximate surface area is 172 Å². The van der Waals surface area contributed by atoms with Crippen molar-refractivity contribution in [2.24, 2.45) is 5.14 Å². The first-order chi connectivity index (χ1) is 13.6. The second kappa shape index (κ2) is 7.14. The molecule has 2 heterocycles. The molecule has 0 atom stereocenters. The maximum absolute atomic E-state index is 12.2. The van der Waals surface area contributed by atoms with Crippen LogP contribution in [0.1, 0.15) is 22.3 Å². The lowest BCUT2D eigenvalue weighted by Gasteiger charge is -2.30. The number of fused-ring (bicyclic) bond motifs is 3. The topological polar surface area (TPSA) is 103 Å². The van der Waals surface area contributed by atoms with Gasteiger partial charge in [-0.25, -0.2) is 18.4 Å². The minimum atomic E-state index is -3.73. The van der Waals surface area contributed by atoms with Gasteiger partial charge >= 0.3 is 5.63 Å². The number of rotatable bonds is 3. The Balaban J connectivity index is 1.69. The number of hydrogen-bond donors (Lipinski definition) is 1. The molecular formula is C20H19ClN2O5S. The molecule has 0 unspecified atom stereocenters. The van der Waals surface area contributed by atoms with Crippen molar-refractivity contribution in [1.82, 2.24) is 4.90 Å². The molecule has 1 aliphatic rings. The van der Waals surface area contributed by atoms with Crippen LogP contribution in [0.4, 0.5) is 0 Å². The number of nitrogens with zero attached hydrogens (tertiary/aromatic N) is 1. The zero-order valence-electron chi connectivity index (χ0n) is 15.9. The Bertz CT molecular complexity index is 1280. The van der Waals surface area contributed by atoms with Gasteiger partial charge in [-0.3, -0.25) is 4.90 Å². The van der Waals surface area contributed by atoms with Gasteiger partial charge in [0.05, 0.1) is 15.5 Å². The van der Waals surface area contributed by atoms with Crippen LogP contribution in [0.3, 0.4) is 0 Å². The van der Waals surface area contributed by atoms with Crippen LogP contribution >= 0.6 is 11.6 Å².